The summed E-state index contributed by atoms with van der Waals surface area (Å²) >= 11 is 3.28. The maximum absolute atomic E-state index is 5.84. The molecule has 0 fully saturated rings. The topological polar surface area (TPSA) is 51.8 Å². The second-order valence-corrected chi connectivity index (χ2v) is 6.22. The van der Waals surface area contributed by atoms with Crippen molar-refractivity contribution >= 4 is 32.9 Å². The van der Waals surface area contributed by atoms with Gasteiger partial charge in [-0.2, -0.15) is 0 Å². The van der Waals surface area contributed by atoms with Crippen LogP contribution in [0.15, 0.2) is 23.6 Å². The summed E-state index contributed by atoms with van der Waals surface area (Å²) < 4.78 is 1.21. The summed E-state index contributed by atoms with van der Waals surface area (Å²) in [7, 11) is 0. The first-order valence-corrected chi connectivity index (χ1v) is 7.42. The van der Waals surface area contributed by atoms with Crippen LogP contribution in [-0.4, -0.2) is 9.97 Å². The number of para-hydroxylation sites is 1. The fourth-order valence-corrected chi connectivity index (χ4v) is 3.63. The van der Waals surface area contributed by atoms with E-state index in [1.165, 1.54) is 10.3 Å². The molecule has 0 aliphatic rings. The third-order valence-corrected chi connectivity index (χ3v) is 4.84. The zero-order chi connectivity index (χ0) is 12.7. The lowest BCUT2D eigenvalue weighted by Crippen LogP contribution is -2.03. The molecular formula is C13H13N3S2. The Labute approximate surface area is 113 Å². The highest BCUT2D eigenvalue weighted by Crippen LogP contribution is 2.32. The molecule has 18 heavy (non-hydrogen) atoms. The highest BCUT2D eigenvalue weighted by atomic mass is 32.1. The molecule has 2 heterocycles. The molecule has 0 spiro atoms. The fraction of sp³-hybridized carbons (Fsp3) is 0.231. The molecule has 0 aliphatic carbocycles. The first kappa shape index (κ1) is 11.8. The molecule has 3 rings (SSSR count). The van der Waals surface area contributed by atoms with Crippen LogP contribution in [0.2, 0.25) is 0 Å². The van der Waals surface area contributed by atoms with Crippen molar-refractivity contribution in [1.29, 1.82) is 0 Å². The summed E-state index contributed by atoms with van der Waals surface area (Å²) in [5.41, 5.74) is 9.06. The number of hydrogen-bond acceptors (Lipinski definition) is 5. The first-order valence-electron chi connectivity index (χ1n) is 5.72. The SMILES string of the molecule is Cc1cccc2sc(-c3csc(C(C)N)n3)nc12. The van der Waals surface area contributed by atoms with Crippen molar-refractivity contribution in [2.45, 2.75) is 19.9 Å². The molecule has 92 valence electrons. The van der Waals surface area contributed by atoms with E-state index in [0.29, 0.717) is 0 Å². The lowest BCUT2D eigenvalue weighted by atomic mass is 10.2. The number of benzene rings is 1. The minimum Gasteiger partial charge on any atom is -0.322 e. The van der Waals surface area contributed by atoms with E-state index in [9.17, 15) is 0 Å². The summed E-state index contributed by atoms with van der Waals surface area (Å²) in [4.78, 5) is 9.22. The fourth-order valence-electron chi connectivity index (χ4n) is 1.79. The van der Waals surface area contributed by atoms with E-state index in [2.05, 4.69) is 35.1 Å². The van der Waals surface area contributed by atoms with Crippen molar-refractivity contribution in [1.82, 2.24) is 9.97 Å². The zero-order valence-electron chi connectivity index (χ0n) is 10.2. The van der Waals surface area contributed by atoms with Crippen LogP contribution in [0.4, 0.5) is 0 Å². The quantitative estimate of drug-likeness (QED) is 0.775. The molecule has 1 atom stereocenters. The van der Waals surface area contributed by atoms with E-state index in [-0.39, 0.29) is 6.04 Å². The second kappa shape index (κ2) is 4.42. The molecule has 2 N–H and O–H groups in total. The van der Waals surface area contributed by atoms with Crippen LogP contribution in [0.5, 0.6) is 0 Å². The van der Waals surface area contributed by atoms with Crippen LogP contribution in [-0.2, 0) is 0 Å². The van der Waals surface area contributed by atoms with Gasteiger partial charge in [-0.25, -0.2) is 9.97 Å². The summed E-state index contributed by atoms with van der Waals surface area (Å²) in [6, 6.07) is 6.23. The Bertz CT molecular complexity index is 697. The average Bonchev–Trinajstić information content (AvgIpc) is 2.95. The van der Waals surface area contributed by atoms with E-state index in [1.807, 2.05) is 12.3 Å². The van der Waals surface area contributed by atoms with Gasteiger partial charge in [0.25, 0.3) is 0 Å². The predicted molar refractivity (Wildman–Crippen MR) is 78.1 cm³/mol. The smallest absolute Gasteiger partial charge is 0.144 e. The van der Waals surface area contributed by atoms with Gasteiger partial charge in [-0.05, 0) is 25.5 Å². The number of aromatic nitrogens is 2. The van der Waals surface area contributed by atoms with Gasteiger partial charge in [0, 0.05) is 5.38 Å². The molecule has 0 amide bonds. The Balaban J connectivity index is 2.10. The molecule has 2 aromatic heterocycles. The van der Waals surface area contributed by atoms with Crippen LogP contribution >= 0.6 is 22.7 Å². The van der Waals surface area contributed by atoms with E-state index >= 15 is 0 Å². The van der Waals surface area contributed by atoms with Gasteiger partial charge in [0.2, 0.25) is 0 Å². The lowest BCUT2D eigenvalue weighted by Gasteiger charge is -1.96. The van der Waals surface area contributed by atoms with Crippen LogP contribution < -0.4 is 5.73 Å². The Kier molecular flexibility index (Phi) is 2.89. The van der Waals surface area contributed by atoms with Crippen LogP contribution in [0, 0.1) is 6.92 Å². The Morgan fingerprint density at radius 2 is 2.11 bits per heavy atom. The minimum absolute atomic E-state index is 0.0140. The summed E-state index contributed by atoms with van der Waals surface area (Å²) in [5, 5.41) is 3.97. The third-order valence-electron chi connectivity index (χ3n) is 2.75. The number of thiazole rings is 2. The number of nitrogens with zero attached hydrogens (tertiary/aromatic N) is 2. The van der Waals surface area contributed by atoms with E-state index in [4.69, 9.17) is 5.73 Å². The predicted octanol–water partition coefficient (Wildman–Crippen LogP) is 3.75. The molecule has 3 aromatic rings. The normalized spacial score (nSPS) is 13.1. The molecule has 1 unspecified atom stereocenters. The number of fused-ring (bicyclic) bond motifs is 1. The Morgan fingerprint density at radius 3 is 2.78 bits per heavy atom. The highest BCUT2D eigenvalue weighted by Gasteiger charge is 2.12. The molecule has 1 aromatic carbocycles. The lowest BCUT2D eigenvalue weighted by molar-refractivity contribution is 0.808. The summed E-state index contributed by atoms with van der Waals surface area (Å²) in [5.74, 6) is 0. The highest BCUT2D eigenvalue weighted by molar-refractivity contribution is 7.22. The van der Waals surface area contributed by atoms with Crippen molar-refractivity contribution in [3.63, 3.8) is 0 Å². The number of rotatable bonds is 2. The van der Waals surface area contributed by atoms with Crippen LogP contribution in [0.1, 0.15) is 23.5 Å². The number of aryl methyl sites for hydroxylation is 1. The second-order valence-electron chi connectivity index (χ2n) is 4.30. The van der Waals surface area contributed by atoms with Crippen molar-refractivity contribution in [2.24, 2.45) is 5.73 Å². The third kappa shape index (κ3) is 1.94. The van der Waals surface area contributed by atoms with Gasteiger partial charge in [-0.15, -0.1) is 22.7 Å². The number of hydrogen-bond donors (Lipinski definition) is 1. The molecule has 0 saturated heterocycles. The van der Waals surface area contributed by atoms with Crippen molar-refractivity contribution < 1.29 is 0 Å². The zero-order valence-corrected chi connectivity index (χ0v) is 11.8. The maximum atomic E-state index is 5.84. The van der Waals surface area contributed by atoms with Gasteiger partial charge < -0.3 is 5.73 Å². The standard InChI is InChI=1S/C13H13N3S2/c1-7-4-3-5-10-11(7)16-13(18-10)9-6-17-12(15-9)8(2)14/h3-6,8H,14H2,1-2H3. The summed E-state index contributed by atoms with van der Waals surface area (Å²) in [6.45, 7) is 4.03. The van der Waals surface area contributed by atoms with E-state index < -0.39 is 0 Å². The van der Waals surface area contributed by atoms with Gasteiger partial charge in [0.15, 0.2) is 0 Å². The molecule has 0 bridgehead atoms. The van der Waals surface area contributed by atoms with E-state index in [1.54, 1.807) is 22.7 Å². The largest absolute Gasteiger partial charge is 0.322 e. The minimum atomic E-state index is -0.0140. The average molecular weight is 275 g/mol. The van der Waals surface area contributed by atoms with E-state index in [0.717, 1.165) is 21.2 Å². The maximum Gasteiger partial charge on any atom is 0.144 e. The Morgan fingerprint density at radius 1 is 1.28 bits per heavy atom. The molecule has 0 radical (unpaired) electrons. The molecule has 0 saturated carbocycles. The van der Waals surface area contributed by atoms with Crippen LogP contribution in [0.25, 0.3) is 20.9 Å². The first-order chi connectivity index (χ1) is 8.65. The van der Waals surface area contributed by atoms with Gasteiger partial charge >= 0.3 is 0 Å². The van der Waals surface area contributed by atoms with Crippen LogP contribution in [0.3, 0.4) is 0 Å². The molecule has 3 nitrogen and oxygen atoms in total. The van der Waals surface area contributed by atoms with Crippen molar-refractivity contribution in [3.8, 4) is 10.7 Å². The summed E-state index contributed by atoms with van der Waals surface area (Å²) in [6.07, 6.45) is 0. The number of nitrogens with two attached hydrogens (primary N) is 1. The Hall–Kier alpha value is -1.30. The monoisotopic (exact) mass is 275 g/mol. The van der Waals surface area contributed by atoms with Crippen molar-refractivity contribution in [3.05, 3.63) is 34.2 Å². The molecule has 0 aliphatic heterocycles. The van der Waals surface area contributed by atoms with Gasteiger partial charge in [-0.1, -0.05) is 12.1 Å². The van der Waals surface area contributed by atoms with Gasteiger partial charge in [0.05, 0.1) is 16.3 Å². The molecule has 5 heteroatoms. The van der Waals surface area contributed by atoms with Gasteiger partial charge in [0.1, 0.15) is 15.7 Å². The molecular weight excluding hydrogens is 262 g/mol. The van der Waals surface area contributed by atoms with Crippen molar-refractivity contribution in [2.75, 3.05) is 0 Å². The van der Waals surface area contributed by atoms with Gasteiger partial charge in [-0.3, -0.25) is 0 Å².